The normalized spacial score (nSPS) is 16.1. The monoisotopic (exact) mass is 224 g/mol. The van der Waals surface area contributed by atoms with E-state index in [-0.39, 0.29) is 0 Å². The van der Waals surface area contributed by atoms with E-state index in [1.54, 1.807) is 0 Å². The predicted molar refractivity (Wildman–Crippen MR) is 71.8 cm³/mol. The summed E-state index contributed by atoms with van der Waals surface area (Å²) in [6.07, 6.45) is 5.41. The summed E-state index contributed by atoms with van der Waals surface area (Å²) in [5.74, 6) is 0. The van der Waals surface area contributed by atoms with Gasteiger partial charge in [0.15, 0.2) is 0 Å². The van der Waals surface area contributed by atoms with Gasteiger partial charge in [-0.25, -0.2) is 0 Å². The van der Waals surface area contributed by atoms with Gasteiger partial charge < -0.3 is 5.32 Å². The highest BCUT2D eigenvalue weighted by Crippen LogP contribution is 2.27. The largest absolute Gasteiger partial charge is 0.311 e. The van der Waals surface area contributed by atoms with Crippen molar-refractivity contribution < 1.29 is 0 Å². The Morgan fingerprint density at radius 1 is 1.44 bits per heavy atom. The van der Waals surface area contributed by atoms with Crippen LogP contribution < -0.4 is 5.32 Å². The summed E-state index contributed by atoms with van der Waals surface area (Å²) in [5, 5.41) is 3.44. The minimum atomic E-state index is 0.557. The minimum Gasteiger partial charge on any atom is -0.311 e. The van der Waals surface area contributed by atoms with E-state index in [2.05, 4.69) is 37.6 Å². The van der Waals surface area contributed by atoms with E-state index in [0.717, 1.165) is 19.1 Å². The van der Waals surface area contributed by atoms with E-state index in [1.165, 1.54) is 37.8 Å². The smallest absolute Gasteiger partial charge is 0.0205 e. The van der Waals surface area contributed by atoms with Gasteiger partial charge in [0.05, 0.1) is 0 Å². The van der Waals surface area contributed by atoms with Crippen LogP contribution in [0.15, 0.2) is 12.2 Å². The maximum absolute atomic E-state index is 4.18. The van der Waals surface area contributed by atoms with Crippen molar-refractivity contribution in [2.75, 3.05) is 19.6 Å². The Kier molecular flexibility index (Phi) is 6.07. The molecule has 2 nitrogen and oxygen atoms in total. The lowest BCUT2D eigenvalue weighted by Crippen LogP contribution is -2.33. The van der Waals surface area contributed by atoms with E-state index < -0.39 is 0 Å². The maximum atomic E-state index is 4.18. The number of nitrogens with zero attached hydrogens (tertiary/aromatic N) is 1. The van der Waals surface area contributed by atoms with Gasteiger partial charge in [-0.3, -0.25) is 4.90 Å². The first-order chi connectivity index (χ1) is 7.63. The molecule has 0 radical (unpaired) electrons. The Labute approximate surface area is 101 Å². The molecule has 0 spiro atoms. The van der Waals surface area contributed by atoms with Crippen LogP contribution >= 0.6 is 0 Å². The fourth-order valence-electron chi connectivity index (χ4n) is 1.88. The molecule has 0 heterocycles. The molecule has 0 amide bonds. The van der Waals surface area contributed by atoms with Crippen LogP contribution in [0.3, 0.4) is 0 Å². The van der Waals surface area contributed by atoms with Crippen LogP contribution in [0, 0.1) is 0 Å². The summed E-state index contributed by atoms with van der Waals surface area (Å²) in [6.45, 7) is 14.1. The van der Waals surface area contributed by atoms with Gasteiger partial charge in [0.1, 0.15) is 0 Å². The lowest BCUT2D eigenvalue weighted by molar-refractivity contribution is 0.279. The fraction of sp³-hybridized carbons (Fsp3) is 0.857. The van der Waals surface area contributed by atoms with Gasteiger partial charge in [0, 0.05) is 25.2 Å². The first-order valence-electron chi connectivity index (χ1n) is 6.77. The fourth-order valence-corrected chi connectivity index (χ4v) is 1.88. The zero-order valence-electron chi connectivity index (χ0n) is 11.3. The average Bonchev–Trinajstić information content (AvgIpc) is 3.05. The molecule has 1 fully saturated rings. The van der Waals surface area contributed by atoms with Gasteiger partial charge in [-0.1, -0.05) is 33.8 Å². The lowest BCUT2D eigenvalue weighted by Gasteiger charge is -2.23. The minimum absolute atomic E-state index is 0.557. The number of unbranched alkanes of at least 4 members (excludes halogenated alkanes) is 1. The number of hydrogen-bond acceptors (Lipinski definition) is 2. The Morgan fingerprint density at radius 2 is 2.12 bits per heavy atom. The second-order valence-electron chi connectivity index (χ2n) is 5.34. The molecular formula is C14H28N2. The molecule has 0 bridgehead atoms. The quantitative estimate of drug-likeness (QED) is 0.606. The van der Waals surface area contributed by atoms with E-state index in [4.69, 9.17) is 0 Å². The first kappa shape index (κ1) is 13.7. The van der Waals surface area contributed by atoms with Crippen molar-refractivity contribution in [3.63, 3.8) is 0 Å². The Balaban J connectivity index is 2.22. The van der Waals surface area contributed by atoms with Crippen LogP contribution in [0.1, 0.15) is 46.5 Å². The standard InChI is InChI=1S/C14H28N2/c1-5-6-9-16(14-7-8-14)11-13(4)10-15-12(2)3/h12,14-15H,4-11H2,1-3H3. The summed E-state index contributed by atoms with van der Waals surface area (Å²) in [6, 6.07) is 1.42. The second-order valence-corrected chi connectivity index (χ2v) is 5.34. The summed E-state index contributed by atoms with van der Waals surface area (Å²) >= 11 is 0. The summed E-state index contributed by atoms with van der Waals surface area (Å²) in [4.78, 5) is 2.62. The molecule has 0 saturated heterocycles. The van der Waals surface area contributed by atoms with E-state index in [0.29, 0.717) is 6.04 Å². The SMILES string of the molecule is C=C(CNC(C)C)CN(CCCC)C1CC1. The molecular weight excluding hydrogens is 196 g/mol. The molecule has 1 aliphatic carbocycles. The molecule has 0 aromatic heterocycles. The molecule has 2 heteroatoms. The van der Waals surface area contributed by atoms with Gasteiger partial charge >= 0.3 is 0 Å². The highest BCUT2D eigenvalue weighted by Gasteiger charge is 2.28. The van der Waals surface area contributed by atoms with Gasteiger partial charge in [0.2, 0.25) is 0 Å². The van der Waals surface area contributed by atoms with Crippen molar-refractivity contribution in [1.29, 1.82) is 0 Å². The molecule has 0 unspecified atom stereocenters. The van der Waals surface area contributed by atoms with Crippen molar-refractivity contribution in [1.82, 2.24) is 10.2 Å². The molecule has 0 aromatic rings. The third kappa shape index (κ3) is 5.66. The van der Waals surface area contributed by atoms with Gasteiger partial charge in [-0.05, 0) is 31.4 Å². The number of hydrogen-bond donors (Lipinski definition) is 1. The third-order valence-electron chi connectivity index (χ3n) is 3.05. The molecule has 1 N–H and O–H groups in total. The van der Waals surface area contributed by atoms with E-state index in [1.807, 2.05) is 0 Å². The zero-order valence-corrected chi connectivity index (χ0v) is 11.3. The Morgan fingerprint density at radius 3 is 2.62 bits per heavy atom. The van der Waals surface area contributed by atoms with Crippen molar-refractivity contribution in [2.24, 2.45) is 0 Å². The molecule has 0 aromatic carbocycles. The van der Waals surface area contributed by atoms with Crippen LogP contribution in [0.5, 0.6) is 0 Å². The van der Waals surface area contributed by atoms with Gasteiger partial charge in [-0.15, -0.1) is 0 Å². The first-order valence-corrected chi connectivity index (χ1v) is 6.77. The van der Waals surface area contributed by atoms with Gasteiger partial charge in [-0.2, -0.15) is 0 Å². The topological polar surface area (TPSA) is 15.3 Å². The second kappa shape index (κ2) is 7.08. The molecule has 0 aliphatic heterocycles. The molecule has 1 aliphatic rings. The third-order valence-corrected chi connectivity index (χ3v) is 3.05. The van der Waals surface area contributed by atoms with E-state index in [9.17, 15) is 0 Å². The van der Waals surface area contributed by atoms with E-state index >= 15 is 0 Å². The van der Waals surface area contributed by atoms with Crippen LogP contribution in [-0.4, -0.2) is 36.6 Å². The summed E-state index contributed by atoms with van der Waals surface area (Å²) in [7, 11) is 0. The van der Waals surface area contributed by atoms with Crippen molar-refractivity contribution in [3.05, 3.63) is 12.2 Å². The van der Waals surface area contributed by atoms with Crippen molar-refractivity contribution >= 4 is 0 Å². The lowest BCUT2D eigenvalue weighted by atomic mass is 10.2. The summed E-state index contributed by atoms with van der Waals surface area (Å²) < 4.78 is 0. The molecule has 1 saturated carbocycles. The molecule has 16 heavy (non-hydrogen) atoms. The molecule has 94 valence electrons. The van der Waals surface area contributed by atoms with Crippen LogP contribution in [0.2, 0.25) is 0 Å². The van der Waals surface area contributed by atoms with Crippen molar-refractivity contribution in [2.45, 2.75) is 58.5 Å². The summed E-state index contributed by atoms with van der Waals surface area (Å²) in [5.41, 5.74) is 1.33. The maximum Gasteiger partial charge on any atom is 0.0205 e. The van der Waals surface area contributed by atoms with Crippen LogP contribution in [0.4, 0.5) is 0 Å². The molecule has 0 atom stereocenters. The highest BCUT2D eigenvalue weighted by atomic mass is 15.2. The average molecular weight is 224 g/mol. The van der Waals surface area contributed by atoms with Gasteiger partial charge in [0.25, 0.3) is 0 Å². The highest BCUT2D eigenvalue weighted by molar-refractivity contribution is 5.02. The Hall–Kier alpha value is -0.340. The zero-order chi connectivity index (χ0) is 12.0. The number of rotatable bonds is 9. The van der Waals surface area contributed by atoms with Crippen molar-refractivity contribution in [3.8, 4) is 0 Å². The number of nitrogens with one attached hydrogen (secondary N) is 1. The van der Waals surface area contributed by atoms with Crippen LogP contribution in [0.25, 0.3) is 0 Å². The Bertz CT molecular complexity index is 207. The predicted octanol–water partition coefficient (Wildman–Crippen LogP) is 2.81. The molecule has 1 rings (SSSR count). The van der Waals surface area contributed by atoms with Crippen LogP contribution in [-0.2, 0) is 0 Å².